The number of aromatic nitrogens is 2. The number of aliphatic imine (C=N–C) groups is 2. The summed E-state index contributed by atoms with van der Waals surface area (Å²) in [5.41, 5.74) is 16.9. The molecule has 0 aliphatic rings. The number of hydrogen-bond acceptors (Lipinski definition) is 3. The molecule has 0 radical (unpaired) electrons. The predicted molar refractivity (Wildman–Crippen MR) is 77.6 cm³/mol. The zero-order chi connectivity index (χ0) is 15.4. The SMILES string of the molecule is NC(N)=NC(N)=Nc1ccccc1-n1ccc(C(=O)O)n1. The topological polar surface area (TPSA) is 158 Å². The van der Waals surface area contributed by atoms with Crippen molar-refractivity contribution in [3.8, 4) is 5.69 Å². The lowest BCUT2D eigenvalue weighted by Gasteiger charge is -2.05. The van der Waals surface area contributed by atoms with E-state index < -0.39 is 5.97 Å². The maximum atomic E-state index is 10.9. The minimum Gasteiger partial charge on any atom is -0.476 e. The molecule has 0 spiro atoms. The normalized spacial score (nSPS) is 11.1. The molecule has 1 heterocycles. The lowest BCUT2D eigenvalue weighted by molar-refractivity contribution is 0.0690. The Morgan fingerprint density at radius 1 is 1.19 bits per heavy atom. The second-order valence-electron chi connectivity index (χ2n) is 3.95. The van der Waals surface area contributed by atoms with Gasteiger partial charge in [-0.1, -0.05) is 12.1 Å². The van der Waals surface area contributed by atoms with Gasteiger partial charge in [0.1, 0.15) is 0 Å². The number of guanidine groups is 2. The summed E-state index contributed by atoms with van der Waals surface area (Å²) in [5, 5.41) is 12.8. The zero-order valence-electron chi connectivity index (χ0n) is 10.8. The number of para-hydroxylation sites is 2. The largest absolute Gasteiger partial charge is 0.476 e. The lowest BCUT2D eigenvalue weighted by atomic mass is 10.3. The quantitative estimate of drug-likeness (QED) is 0.451. The summed E-state index contributed by atoms with van der Waals surface area (Å²) in [5.74, 6) is -1.44. The second kappa shape index (κ2) is 5.74. The number of rotatable bonds is 3. The molecule has 0 amide bonds. The van der Waals surface area contributed by atoms with E-state index in [1.165, 1.54) is 16.9 Å². The molecule has 0 bridgehead atoms. The summed E-state index contributed by atoms with van der Waals surface area (Å²) in [6.07, 6.45) is 1.51. The Morgan fingerprint density at radius 2 is 1.90 bits per heavy atom. The van der Waals surface area contributed by atoms with Crippen LogP contribution in [0.4, 0.5) is 5.69 Å². The molecule has 0 aliphatic carbocycles. The minimum absolute atomic E-state index is 0.0778. The molecule has 9 nitrogen and oxygen atoms in total. The summed E-state index contributed by atoms with van der Waals surface area (Å²) in [4.78, 5) is 18.5. The molecule has 7 N–H and O–H groups in total. The van der Waals surface area contributed by atoms with Gasteiger partial charge in [0, 0.05) is 6.20 Å². The van der Waals surface area contributed by atoms with Gasteiger partial charge >= 0.3 is 5.97 Å². The van der Waals surface area contributed by atoms with E-state index in [2.05, 4.69) is 15.1 Å². The van der Waals surface area contributed by atoms with Crippen molar-refractivity contribution in [2.75, 3.05) is 0 Å². The van der Waals surface area contributed by atoms with Gasteiger partial charge in [-0.3, -0.25) is 0 Å². The molecule has 1 aromatic heterocycles. The zero-order valence-corrected chi connectivity index (χ0v) is 10.8. The van der Waals surface area contributed by atoms with E-state index in [1.54, 1.807) is 24.3 Å². The van der Waals surface area contributed by atoms with Crippen LogP contribution in [-0.4, -0.2) is 32.8 Å². The molecule has 0 fully saturated rings. The van der Waals surface area contributed by atoms with Crippen LogP contribution in [0.15, 0.2) is 46.5 Å². The van der Waals surface area contributed by atoms with Gasteiger partial charge in [-0.2, -0.15) is 10.1 Å². The second-order valence-corrected chi connectivity index (χ2v) is 3.95. The Kier molecular flexibility index (Phi) is 3.84. The number of hydrogen-bond donors (Lipinski definition) is 4. The molecule has 9 heteroatoms. The van der Waals surface area contributed by atoms with Gasteiger partial charge in [0.25, 0.3) is 0 Å². The molecule has 1 aromatic carbocycles. The molecule has 2 aromatic rings. The van der Waals surface area contributed by atoms with Gasteiger partial charge in [0.2, 0.25) is 5.96 Å². The molecule has 2 rings (SSSR count). The van der Waals surface area contributed by atoms with Crippen molar-refractivity contribution in [3.05, 3.63) is 42.2 Å². The van der Waals surface area contributed by atoms with Crippen LogP contribution in [-0.2, 0) is 0 Å². The van der Waals surface area contributed by atoms with Crippen molar-refractivity contribution < 1.29 is 9.90 Å². The van der Waals surface area contributed by atoms with Gasteiger partial charge in [0.15, 0.2) is 11.7 Å². The third-order valence-electron chi connectivity index (χ3n) is 2.42. The van der Waals surface area contributed by atoms with E-state index in [0.29, 0.717) is 11.4 Å². The highest BCUT2D eigenvalue weighted by molar-refractivity contribution is 5.94. The Bertz CT molecular complexity index is 729. The van der Waals surface area contributed by atoms with Crippen LogP contribution in [0.2, 0.25) is 0 Å². The summed E-state index contributed by atoms with van der Waals surface area (Å²) in [7, 11) is 0. The first-order valence-electron chi connectivity index (χ1n) is 5.79. The molecule has 21 heavy (non-hydrogen) atoms. The summed E-state index contributed by atoms with van der Waals surface area (Å²) in [6, 6.07) is 8.26. The van der Waals surface area contributed by atoms with Crippen LogP contribution in [0.1, 0.15) is 10.5 Å². The fraction of sp³-hybridized carbons (Fsp3) is 0. The van der Waals surface area contributed by atoms with Crippen LogP contribution < -0.4 is 17.2 Å². The first kappa shape index (κ1) is 14.1. The van der Waals surface area contributed by atoms with E-state index in [4.69, 9.17) is 22.3 Å². The first-order valence-corrected chi connectivity index (χ1v) is 5.79. The van der Waals surface area contributed by atoms with Crippen molar-refractivity contribution in [1.29, 1.82) is 0 Å². The van der Waals surface area contributed by atoms with Gasteiger partial charge < -0.3 is 22.3 Å². The Hall–Kier alpha value is -3.36. The van der Waals surface area contributed by atoms with Crippen LogP contribution in [0.25, 0.3) is 5.69 Å². The highest BCUT2D eigenvalue weighted by Crippen LogP contribution is 2.22. The smallest absolute Gasteiger partial charge is 0.356 e. The number of benzene rings is 1. The van der Waals surface area contributed by atoms with Gasteiger partial charge in [-0.05, 0) is 18.2 Å². The maximum Gasteiger partial charge on any atom is 0.356 e. The third kappa shape index (κ3) is 3.35. The fourth-order valence-corrected chi connectivity index (χ4v) is 1.61. The van der Waals surface area contributed by atoms with E-state index in [9.17, 15) is 4.79 Å². The Labute approximate surface area is 119 Å². The summed E-state index contributed by atoms with van der Waals surface area (Å²) < 4.78 is 1.38. The van der Waals surface area contributed by atoms with E-state index in [0.717, 1.165) is 0 Å². The van der Waals surface area contributed by atoms with Crippen LogP contribution >= 0.6 is 0 Å². The maximum absolute atomic E-state index is 10.9. The molecular weight excluding hydrogens is 274 g/mol. The first-order chi connectivity index (χ1) is 9.97. The molecule has 0 aliphatic heterocycles. The van der Waals surface area contributed by atoms with Gasteiger partial charge in [-0.25, -0.2) is 14.5 Å². The molecule has 0 saturated carbocycles. The molecule has 108 valence electrons. The van der Waals surface area contributed by atoms with Crippen molar-refractivity contribution in [2.45, 2.75) is 0 Å². The standard InChI is InChI=1S/C12H13N7O2/c13-11(14)17-12(15)16-7-3-1-2-4-9(7)19-6-5-8(18-19)10(20)21/h1-6H,(H,20,21)(H6,13,14,15,16,17). The monoisotopic (exact) mass is 287 g/mol. The van der Waals surface area contributed by atoms with Crippen LogP contribution in [0, 0.1) is 0 Å². The number of aromatic carboxylic acids is 1. The van der Waals surface area contributed by atoms with Crippen molar-refractivity contribution in [3.63, 3.8) is 0 Å². The van der Waals surface area contributed by atoms with E-state index >= 15 is 0 Å². The Balaban J connectivity index is 2.45. The fourth-order valence-electron chi connectivity index (χ4n) is 1.61. The molecule has 0 atom stereocenters. The van der Waals surface area contributed by atoms with Gasteiger partial charge in [-0.15, -0.1) is 0 Å². The number of nitrogens with two attached hydrogens (primary N) is 3. The van der Waals surface area contributed by atoms with Crippen molar-refractivity contribution in [1.82, 2.24) is 9.78 Å². The summed E-state index contributed by atoms with van der Waals surface area (Å²) >= 11 is 0. The average Bonchev–Trinajstić information content (AvgIpc) is 2.88. The lowest BCUT2D eigenvalue weighted by Crippen LogP contribution is -2.26. The van der Waals surface area contributed by atoms with E-state index in [1.807, 2.05) is 0 Å². The van der Waals surface area contributed by atoms with E-state index in [-0.39, 0.29) is 17.6 Å². The molecular formula is C12H13N7O2. The third-order valence-corrected chi connectivity index (χ3v) is 2.42. The number of carboxylic acid groups (broad SMARTS) is 1. The van der Waals surface area contributed by atoms with Crippen LogP contribution in [0.3, 0.4) is 0 Å². The van der Waals surface area contributed by atoms with Crippen molar-refractivity contribution in [2.24, 2.45) is 27.2 Å². The minimum atomic E-state index is -1.12. The number of carboxylic acids is 1. The van der Waals surface area contributed by atoms with Crippen LogP contribution in [0.5, 0.6) is 0 Å². The van der Waals surface area contributed by atoms with Crippen molar-refractivity contribution >= 4 is 23.6 Å². The van der Waals surface area contributed by atoms with Gasteiger partial charge in [0.05, 0.1) is 11.4 Å². The highest BCUT2D eigenvalue weighted by atomic mass is 16.4. The average molecular weight is 287 g/mol. The predicted octanol–water partition coefficient (Wildman–Crippen LogP) is -0.210. The summed E-state index contributed by atoms with van der Waals surface area (Å²) in [6.45, 7) is 0. The number of nitrogens with zero attached hydrogens (tertiary/aromatic N) is 4. The highest BCUT2D eigenvalue weighted by Gasteiger charge is 2.10. The number of carbonyl (C=O) groups is 1. The molecule has 0 saturated heterocycles. The molecule has 0 unspecified atom stereocenters. The Morgan fingerprint density at radius 3 is 2.52 bits per heavy atom.